The van der Waals surface area contributed by atoms with Gasteiger partial charge in [0.05, 0.1) is 0 Å². The highest BCUT2D eigenvalue weighted by Crippen LogP contribution is 2.06. The van der Waals surface area contributed by atoms with Crippen molar-refractivity contribution < 1.29 is 19.8 Å². The lowest BCUT2D eigenvalue weighted by atomic mass is 10.1. The van der Waals surface area contributed by atoms with Crippen LogP contribution in [0.4, 0.5) is 0 Å². The van der Waals surface area contributed by atoms with Gasteiger partial charge < -0.3 is 10.2 Å². The van der Waals surface area contributed by atoms with Crippen molar-refractivity contribution in [3.63, 3.8) is 0 Å². The van der Waals surface area contributed by atoms with Crippen LogP contribution in [0.2, 0.25) is 0 Å². The van der Waals surface area contributed by atoms with Crippen LogP contribution in [0.1, 0.15) is 64.2 Å². The van der Waals surface area contributed by atoms with E-state index in [1.165, 1.54) is 0 Å². The van der Waals surface area contributed by atoms with Crippen LogP contribution in [0.15, 0.2) is 0 Å². The molecular weight excluding hydrogens is 256 g/mol. The van der Waals surface area contributed by atoms with E-state index in [1.807, 2.05) is 0 Å². The number of unbranched alkanes of at least 4 members (excludes halogenated alkanes) is 6. The first-order valence-corrected chi connectivity index (χ1v) is 7.02. The molecule has 0 heterocycles. The van der Waals surface area contributed by atoms with Crippen molar-refractivity contribution in [1.29, 1.82) is 0 Å². The molecule has 0 aromatic carbocycles. The molecule has 4 nitrogen and oxygen atoms in total. The Labute approximate surface area is 120 Å². The molecular formula is C16H22O4. The summed E-state index contributed by atoms with van der Waals surface area (Å²) in [6.07, 6.45) is 7.22. The van der Waals surface area contributed by atoms with E-state index in [-0.39, 0.29) is 12.8 Å². The third-order valence-corrected chi connectivity index (χ3v) is 2.62. The number of carbonyl (C=O) groups is 2. The summed E-state index contributed by atoms with van der Waals surface area (Å²) in [5.41, 5.74) is 0. The molecule has 0 aliphatic rings. The van der Waals surface area contributed by atoms with Gasteiger partial charge in [0, 0.05) is 25.7 Å². The molecule has 0 amide bonds. The molecule has 0 radical (unpaired) electrons. The summed E-state index contributed by atoms with van der Waals surface area (Å²) in [5, 5.41) is 16.9. The summed E-state index contributed by atoms with van der Waals surface area (Å²) >= 11 is 0. The van der Waals surface area contributed by atoms with Gasteiger partial charge in [-0.2, -0.15) is 0 Å². The molecule has 0 aromatic rings. The van der Waals surface area contributed by atoms with E-state index >= 15 is 0 Å². The minimum absolute atomic E-state index is 0.157. The molecule has 0 saturated heterocycles. The lowest BCUT2D eigenvalue weighted by molar-refractivity contribution is -0.138. The number of carboxylic acid groups (broad SMARTS) is 2. The fourth-order valence-electron chi connectivity index (χ4n) is 1.56. The number of rotatable bonds is 10. The standard InChI is InChI=1S/C16H22O4/c17-15(18)13-11-9-7-5-3-1-2-4-6-8-10-12-14-16(19)20/h1,3,5,7,9-14H2,(H,17,18)(H,19,20). The Morgan fingerprint density at radius 3 is 1.70 bits per heavy atom. The monoisotopic (exact) mass is 278 g/mol. The maximum atomic E-state index is 10.3. The Morgan fingerprint density at radius 2 is 1.10 bits per heavy atom. The van der Waals surface area contributed by atoms with Crippen LogP contribution in [-0.4, -0.2) is 22.2 Å². The third kappa shape index (κ3) is 16.1. The van der Waals surface area contributed by atoms with Crippen LogP contribution in [0.3, 0.4) is 0 Å². The minimum atomic E-state index is -0.791. The van der Waals surface area contributed by atoms with Gasteiger partial charge in [-0.05, 0) is 31.1 Å². The van der Waals surface area contributed by atoms with Crippen LogP contribution in [0.5, 0.6) is 0 Å². The van der Waals surface area contributed by atoms with Gasteiger partial charge >= 0.3 is 11.9 Å². The lowest BCUT2D eigenvalue weighted by Crippen LogP contribution is -1.93. The highest BCUT2D eigenvalue weighted by Gasteiger charge is 1.95. The highest BCUT2D eigenvalue weighted by atomic mass is 16.4. The zero-order valence-electron chi connectivity index (χ0n) is 11.8. The summed E-state index contributed by atoms with van der Waals surface area (Å²) < 4.78 is 0. The molecule has 2 N–H and O–H groups in total. The highest BCUT2D eigenvalue weighted by molar-refractivity contribution is 5.66. The fraction of sp³-hybridized carbons (Fsp3) is 0.625. The van der Waals surface area contributed by atoms with Crippen molar-refractivity contribution in [2.75, 3.05) is 0 Å². The Morgan fingerprint density at radius 1 is 0.650 bits per heavy atom. The average molecular weight is 278 g/mol. The summed E-state index contributed by atoms with van der Waals surface area (Å²) in [6, 6.07) is 0. The smallest absolute Gasteiger partial charge is 0.303 e. The lowest BCUT2D eigenvalue weighted by Gasteiger charge is -1.97. The first kappa shape index (κ1) is 18.1. The van der Waals surface area contributed by atoms with Crippen molar-refractivity contribution in [3.8, 4) is 23.7 Å². The van der Waals surface area contributed by atoms with Gasteiger partial charge in [-0.3, -0.25) is 9.59 Å². The average Bonchev–Trinajstić information content (AvgIpc) is 2.38. The largest absolute Gasteiger partial charge is 0.481 e. The van der Waals surface area contributed by atoms with Crippen molar-refractivity contribution >= 4 is 11.9 Å². The van der Waals surface area contributed by atoms with Crippen molar-refractivity contribution in [2.24, 2.45) is 0 Å². The van der Waals surface area contributed by atoms with Crippen LogP contribution in [0.25, 0.3) is 0 Å². The molecule has 0 atom stereocenters. The van der Waals surface area contributed by atoms with E-state index in [2.05, 4.69) is 23.7 Å². The van der Waals surface area contributed by atoms with Crippen LogP contribution < -0.4 is 0 Å². The van der Waals surface area contributed by atoms with Crippen LogP contribution in [0, 0.1) is 23.7 Å². The van der Waals surface area contributed by atoms with E-state index in [0.717, 1.165) is 38.5 Å². The van der Waals surface area contributed by atoms with Crippen molar-refractivity contribution in [2.45, 2.75) is 64.2 Å². The van der Waals surface area contributed by atoms with E-state index in [4.69, 9.17) is 10.2 Å². The molecule has 110 valence electrons. The number of hydrogen-bond acceptors (Lipinski definition) is 2. The third-order valence-electron chi connectivity index (χ3n) is 2.62. The maximum Gasteiger partial charge on any atom is 0.303 e. The molecule has 0 fully saturated rings. The second-order valence-corrected chi connectivity index (χ2v) is 4.51. The normalized spacial score (nSPS) is 9.00. The molecule has 0 saturated carbocycles. The predicted octanol–water partition coefficient (Wildman–Crippen LogP) is 3.06. The first-order valence-electron chi connectivity index (χ1n) is 7.02. The zero-order valence-corrected chi connectivity index (χ0v) is 11.8. The Bertz CT molecular complexity index is 404. The molecule has 0 aliphatic carbocycles. The van der Waals surface area contributed by atoms with E-state index in [1.54, 1.807) is 0 Å². The Hall–Kier alpha value is -1.94. The molecule has 0 rings (SSSR count). The fourth-order valence-corrected chi connectivity index (χ4v) is 1.56. The van der Waals surface area contributed by atoms with Crippen molar-refractivity contribution in [1.82, 2.24) is 0 Å². The first-order chi connectivity index (χ1) is 9.63. The van der Waals surface area contributed by atoms with E-state index in [9.17, 15) is 9.59 Å². The molecule has 20 heavy (non-hydrogen) atoms. The van der Waals surface area contributed by atoms with Gasteiger partial charge in [0.15, 0.2) is 0 Å². The van der Waals surface area contributed by atoms with Gasteiger partial charge in [-0.1, -0.05) is 31.1 Å². The number of aliphatic carboxylic acids is 2. The molecule has 0 aliphatic heterocycles. The second-order valence-electron chi connectivity index (χ2n) is 4.51. The van der Waals surface area contributed by atoms with Gasteiger partial charge in [-0.15, -0.1) is 0 Å². The van der Waals surface area contributed by atoms with Gasteiger partial charge in [0.2, 0.25) is 0 Å². The summed E-state index contributed by atoms with van der Waals surface area (Å²) in [4.78, 5) is 20.5. The molecule has 0 unspecified atom stereocenters. The van der Waals surface area contributed by atoms with E-state index < -0.39 is 11.9 Å². The summed E-state index contributed by atoms with van der Waals surface area (Å²) in [7, 11) is 0. The van der Waals surface area contributed by atoms with E-state index in [0.29, 0.717) is 12.8 Å². The van der Waals surface area contributed by atoms with Crippen LogP contribution >= 0.6 is 0 Å². The minimum Gasteiger partial charge on any atom is -0.481 e. The quantitative estimate of drug-likeness (QED) is 0.476. The SMILES string of the molecule is O=C(O)CCCC#CC#CCCCCCCCC(=O)O. The number of hydrogen-bond donors (Lipinski definition) is 2. The van der Waals surface area contributed by atoms with Gasteiger partial charge in [0.25, 0.3) is 0 Å². The molecule has 0 spiro atoms. The zero-order chi connectivity index (χ0) is 15.1. The second kappa shape index (κ2) is 13.5. The van der Waals surface area contributed by atoms with Gasteiger partial charge in [0.1, 0.15) is 0 Å². The summed E-state index contributed by atoms with van der Waals surface area (Å²) in [6.45, 7) is 0. The van der Waals surface area contributed by atoms with Crippen LogP contribution in [-0.2, 0) is 9.59 Å². The molecule has 0 aromatic heterocycles. The Kier molecular flexibility index (Phi) is 12.2. The predicted molar refractivity (Wildman–Crippen MR) is 77.0 cm³/mol. The maximum absolute atomic E-state index is 10.3. The van der Waals surface area contributed by atoms with Gasteiger partial charge in [-0.25, -0.2) is 0 Å². The number of carboxylic acids is 2. The molecule has 4 heteroatoms. The Balaban J connectivity index is 3.34. The molecule has 0 bridgehead atoms. The topological polar surface area (TPSA) is 74.6 Å². The van der Waals surface area contributed by atoms with Crippen molar-refractivity contribution in [3.05, 3.63) is 0 Å². The summed E-state index contributed by atoms with van der Waals surface area (Å²) in [5.74, 6) is 9.74.